The first kappa shape index (κ1) is 5.66. The van der Waals surface area contributed by atoms with Gasteiger partial charge in [-0.15, -0.1) is 0 Å². The summed E-state index contributed by atoms with van der Waals surface area (Å²) in [6.07, 6.45) is 10.5. The van der Waals surface area contributed by atoms with E-state index in [0.29, 0.717) is 6.04 Å². The Morgan fingerprint density at radius 3 is 3.10 bits per heavy atom. The van der Waals surface area contributed by atoms with Crippen molar-refractivity contribution in [1.82, 2.24) is 0 Å². The Hall–Kier alpha value is -1.11. The maximum Gasteiger partial charge on any atom is 0.0937 e. The topological polar surface area (TPSA) is 12.4 Å². The molecule has 1 unspecified atom stereocenters. The minimum atomic E-state index is 0.324. The molecule has 2 aliphatic rings. The Kier molecular flexibility index (Phi) is 1.10. The second-order valence-corrected chi connectivity index (χ2v) is 2.60. The van der Waals surface area contributed by atoms with Crippen LogP contribution in [0, 0.1) is 0 Å². The van der Waals surface area contributed by atoms with Gasteiger partial charge in [0.25, 0.3) is 0 Å². The molecule has 2 rings (SSSR count). The molecule has 1 atom stereocenters. The fourth-order valence-corrected chi connectivity index (χ4v) is 1.29. The second kappa shape index (κ2) is 1.94. The second-order valence-electron chi connectivity index (χ2n) is 2.60. The van der Waals surface area contributed by atoms with E-state index in [1.807, 2.05) is 13.0 Å². The van der Waals surface area contributed by atoms with Crippen LogP contribution in [0.1, 0.15) is 6.92 Å². The average molecular weight is 131 g/mol. The normalized spacial score (nSPS) is 27.9. The molecule has 10 heavy (non-hydrogen) atoms. The SMILES string of the molecule is CC1=NC2C=CC=CC2=C1. The van der Waals surface area contributed by atoms with Crippen molar-refractivity contribution in [2.45, 2.75) is 13.0 Å². The molecule has 0 aromatic rings. The van der Waals surface area contributed by atoms with E-state index in [1.54, 1.807) is 0 Å². The molecule has 1 aliphatic heterocycles. The Morgan fingerprint density at radius 1 is 1.40 bits per heavy atom. The molecule has 50 valence electrons. The van der Waals surface area contributed by atoms with Gasteiger partial charge in [0.05, 0.1) is 6.04 Å². The smallest absolute Gasteiger partial charge is 0.0937 e. The van der Waals surface area contributed by atoms with Crippen LogP contribution in [0.4, 0.5) is 0 Å². The molecule has 0 saturated heterocycles. The summed E-state index contributed by atoms with van der Waals surface area (Å²) in [5, 5.41) is 0. The van der Waals surface area contributed by atoms with Crippen LogP contribution in [0.2, 0.25) is 0 Å². The number of hydrogen-bond acceptors (Lipinski definition) is 1. The molecule has 1 nitrogen and oxygen atoms in total. The minimum Gasteiger partial charge on any atom is -0.278 e. The average Bonchev–Trinajstić information content (AvgIpc) is 2.27. The molecule has 0 N–H and O–H groups in total. The third-order valence-electron chi connectivity index (χ3n) is 1.75. The molecule has 0 aromatic heterocycles. The molecule has 0 amide bonds. The quantitative estimate of drug-likeness (QED) is 0.476. The zero-order valence-corrected chi connectivity index (χ0v) is 5.91. The van der Waals surface area contributed by atoms with Crippen LogP contribution in [0.25, 0.3) is 0 Å². The lowest BCUT2D eigenvalue weighted by Crippen LogP contribution is -2.00. The molecule has 1 aliphatic carbocycles. The van der Waals surface area contributed by atoms with Crippen molar-refractivity contribution < 1.29 is 0 Å². The largest absolute Gasteiger partial charge is 0.278 e. The number of allylic oxidation sites excluding steroid dienone is 3. The van der Waals surface area contributed by atoms with Gasteiger partial charge >= 0.3 is 0 Å². The van der Waals surface area contributed by atoms with Crippen LogP contribution in [-0.4, -0.2) is 11.8 Å². The molecule has 1 heteroatoms. The van der Waals surface area contributed by atoms with E-state index < -0.39 is 0 Å². The van der Waals surface area contributed by atoms with Crippen molar-refractivity contribution in [3.8, 4) is 0 Å². The number of rotatable bonds is 0. The fourth-order valence-electron chi connectivity index (χ4n) is 1.29. The van der Waals surface area contributed by atoms with Crippen LogP contribution >= 0.6 is 0 Å². The maximum atomic E-state index is 4.40. The van der Waals surface area contributed by atoms with Crippen LogP contribution < -0.4 is 0 Å². The Morgan fingerprint density at radius 2 is 2.30 bits per heavy atom. The summed E-state index contributed by atoms with van der Waals surface area (Å²) in [6, 6.07) is 0.324. The summed E-state index contributed by atoms with van der Waals surface area (Å²) < 4.78 is 0. The van der Waals surface area contributed by atoms with Crippen LogP contribution in [0.5, 0.6) is 0 Å². The highest BCUT2D eigenvalue weighted by molar-refractivity contribution is 5.96. The zero-order chi connectivity index (χ0) is 6.97. The predicted octanol–water partition coefficient (Wildman–Crippen LogP) is 1.88. The van der Waals surface area contributed by atoms with Crippen molar-refractivity contribution in [2.24, 2.45) is 4.99 Å². The number of fused-ring (bicyclic) bond motifs is 1. The Labute approximate surface area is 60.5 Å². The minimum absolute atomic E-state index is 0.324. The van der Waals surface area contributed by atoms with Crippen LogP contribution in [0.15, 0.2) is 40.9 Å². The molecular formula is C9H9N. The summed E-state index contributed by atoms with van der Waals surface area (Å²) in [5.41, 5.74) is 2.45. The van der Waals surface area contributed by atoms with E-state index >= 15 is 0 Å². The zero-order valence-electron chi connectivity index (χ0n) is 5.91. The summed E-state index contributed by atoms with van der Waals surface area (Å²) in [4.78, 5) is 4.40. The number of nitrogens with zero attached hydrogens (tertiary/aromatic N) is 1. The number of aliphatic imine (C=N–C) groups is 1. The summed E-state index contributed by atoms with van der Waals surface area (Å²) >= 11 is 0. The highest BCUT2D eigenvalue weighted by Crippen LogP contribution is 2.20. The first-order valence-corrected chi connectivity index (χ1v) is 3.47. The molecule has 0 bridgehead atoms. The summed E-state index contributed by atoms with van der Waals surface area (Å²) in [7, 11) is 0. The molecule has 0 saturated carbocycles. The molecular weight excluding hydrogens is 122 g/mol. The highest BCUT2D eigenvalue weighted by atomic mass is 14.8. The van der Waals surface area contributed by atoms with E-state index in [4.69, 9.17) is 0 Å². The molecule has 0 aromatic carbocycles. The molecule has 0 spiro atoms. The van der Waals surface area contributed by atoms with E-state index in [9.17, 15) is 0 Å². The third kappa shape index (κ3) is 0.747. The summed E-state index contributed by atoms with van der Waals surface area (Å²) in [6.45, 7) is 2.03. The van der Waals surface area contributed by atoms with Gasteiger partial charge in [-0.05, 0) is 18.6 Å². The fraction of sp³-hybridized carbons (Fsp3) is 0.222. The van der Waals surface area contributed by atoms with Crippen molar-refractivity contribution in [2.75, 3.05) is 0 Å². The first-order valence-electron chi connectivity index (χ1n) is 3.47. The van der Waals surface area contributed by atoms with Crippen molar-refractivity contribution in [1.29, 1.82) is 0 Å². The van der Waals surface area contributed by atoms with Gasteiger partial charge in [0, 0.05) is 5.71 Å². The van der Waals surface area contributed by atoms with E-state index in [-0.39, 0.29) is 0 Å². The molecule has 0 fully saturated rings. The monoisotopic (exact) mass is 131 g/mol. The van der Waals surface area contributed by atoms with Gasteiger partial charge < -0.3 is 0 Å². The Bertz CT molecular complexity index is 266. The van der Waals surface area contributed by atoms with Gasteiger partial charge in [-0.3, -0.25) is 4.99 Å². The third-order valence-corrected chi connectivity index (χ3v) is 1.75. The summed E-state index contributed by atoms with van der Waals surface area (Å²) in [5.74, 6) is 0. The van der Waals surface area contributed by atoms with Crippen molar-refractivity contribution >= 4 is 5.71 Å². The molecule has 0 radical (unpaired) electrons. The lowest BCUT2D eigenvalue weighted by molar-refractivity contribution is 0.997. The van der Waals surface area contributed by atoms with Gasteiger partial charge in [-0.1, -0.05) is 24.3 Å². The van der Waals surface area contributed by atoms with Gasteiger partial charge in [-0.2, -0.15) is 0 Å². The van der Waals surface area contributed by atoms with Gasteiger partial charge in [0.15, 0.2) is 0 Å². The standard InChI is InChI=1S/C9H9N/c1-7-6-8-4-2-3-5-9(8)10-7/h2-6,9H,1H3. The van der Waals surface area contributed by atoms with E-state index in [1.165, 1.54) is 5.57 Å². The van der Waals surface area contributed by atoms with Gasteiger partial charge in [0.1, 0.15) is 0 Å². The molecule has 1 heterocycles. The van der Waals surface area contributed by atoms with Crippen molar-refractivity contribution in [3.63, 3.8) is 0 Å². The highest BCUT2D eigenvalue weighted by Gasteiger charge is 2.14. The van der Waals surface area contributed by atoms with E-state index in [2.05, 4.69) is 29.3 Å². The predicted molar refractivity (Wildman–Crippen MR) is 43.3 cm³/mol. The van der Waals surface area contributed by atoms with Gasteiger partial charge in [0.2, 0.25) is 0 Å². The maximum absolute atomic E-state index is 4.40. The van der Waals surface area contributed by atoms with E-state index in [0.717, 1.165) is 5.71 Å². The van der Waals surface area contributed by atoms with Crippen molar-refractivity contribution in [3.05, 3.63) is 36.0 Å². The first-order chi connectivity index (χ1) is 4.86. The lowest BCUT2D eigenvalue weighted by atomic mass is 10.0. The van der Waals surface area contributed by atoms with Crippen LogP contribution in [0.3, 0.4) is 0 Å². The lowest BCUT2D eigenvalue weighted by Gasteiger charge is -2.05. The number of hydrogen-bond donors (Lipinski definition) is 0. The van der Waals surface area contributed by atoms with Crippen LogP contribution in [-0.2, 0) is 0 Å². The van der Waals surface area contributed by atoms with Gasteiger partial charge in [-0.25, -0.2) is 0 Å². The Balaban J connectivity index is 2.40.